The van der Waals surface area contributed by atoms with Gasteiger partial charge in [0.25, 0.3) is 0 Å². The molecule has 1 aromatic carbocycles. The van der Waals surface area contributed by atoms with Gasteiger partial charge in [-0.25, -0.2) is 4.79 Å². The quantitative estimate of drug-likeness (QED) is 0.866. The number of methoxy groups -OCH3 is 1. The molecule has 94 valence electrons. The van der Waals surface area contributed by atoms with Crippen LogP contribution >= 0.6 is 11.6 Å². The fourth-order valence-electron chi connectivity index (χ4n) is 1.72. The number of esters is 1. The third kappa shape index (κ3) is 2.54. The number of hydrogen-bond donors (Lipinski definition) is 1. The van der Waals surface area contributed by atoms with Gasteiger partial charge < -0.3 is 10.1 Å². The molecule has 0 aliphatic carbocycles. The number of benzene rings is 1. The Balaban J connectivity index is 2.36. The fraction of sp³-hybridized carbons (Fsp3) is 0.231. The van der Waals surface area contributed by atoms with Crippen molar-refractivity contribution in [2.24, 2.45) is 0 Å². The van der Waals surface area contributed by atoms with Crippen LogP contribution in [0.15, 0.2) is 30.5 Å². The molecule has 1 atom stereocenters. The first-order valence-electron chi connectivity index (χ1n) is 5.50. The van der Waals surface area contributed by atoms with E-state index in [0.717, 1.165) is 16.6 Å². The number of rotatable bonds is 3. The Morgan fingerprint density at radius 1 is 1.44 bits per heavy atom. The van der Waals surface area contributed by atoms with Crippen molar-refractivity contribution in [3.8, 4) is 0 Å². The molecule has 0 aliphatic rings. The van der Waals surface area contributed by atoms with Crippen molar-refractivity contribution in [2.75, 3.05) is 12.4 Å². The predicted octanol–water partition coefficient (Wildman–Crippen LogP) is 2.86. The Morgan fingerprint density at radius 3 is 2.94 bits per heavy atom. The Bertz CT molecular complexity index is 586. The van der Waals surface area contributed by atoms with Gasteiger partial charge in [-0.15, -0.1) is 0 Å². The van der Waals surface area contributed by atoms with Gasteiger partial charge in [0.15, 0.2) is 0 Å². The summed E-state index contributed by atoms with van der Waals surface area (Å²) in [6, 6.07) is 6.84. The summed E-state index contributed by atoms with van der Waals surface area (Å²) < 4.78 is 4.68. The zero-order chi connectivity index (χ0) is 13.1. The molecular weight excluding hydrogens is 252 g/mol. The summed E-state index contributed by atoms with van der Waals surface area (Å²) in [5.41, 5.74) is 1.61. The normalized spacial score (nSPS) is 12.2. The largest absolute Gasteiger partial charge is 0.467 e. The van der Waals surface area contributed by atoms with Crippen LogP contribution in [0.5, 0.6) is 0 Å². The molecule has 1 unspecified atom stereocenters. The van der Waals surface area contributed by atoms with E-state index >= 15 is 0 Å². The SMILES string of the molecule is COC(=O)C(C)Nc1ccnc2cc(Cl)ccc12. The van der Waals surface area contributed by atoms with Gasteiger partial charge in [-0.2, -0.15) is 0 Å². The summed E-state index contributed by atoms with van der Waals surface area (Å²) in [6.45, 7) is 1.74. The number of pyridine rings is 1. The van der Waals surface area contributed by atoms with E-state index in [2.05, 4.69) is 15.0 Å². The zero-order valence-electron chi connectivity index (χ0n) is 10.1. The number of ether oxygens (including phenoxy) is 1. The smallest absolute Gasteiger partial charge is 0.327 e. The van der Waals surface area contributed by atoms with Gasteiger partial charge >= 0.3 is 5.97 Å². The van der Waals surface area contributed by atoms with Crippen molar-refractivity contribution in [3.05, 3.63) is 35.5 Å². The lowest BCUT2D eigenvalue weighted by molar-refractivity contribution is -0.141. The second-order valence-corrected chi connectivity index (χ2v) is 4.35. The molecule has 0 saturated carbocycles. The van der Waals surface area contributed by atoms with Crippen LogP contribution in [0.3, 0.4) is 0 Å². The van der Waals surface area contributed by atoms with Gasteiger partial charge in [-0.1, -0.05) is 11.6 Å². The summed E-state index contributed by atoms with van der Waals surface area (Å²) in [6.07, 6.45) is 1.67. The fourth-order valence-corrected chi connectivity index (χ4v) is 1.88. The highest BCUT2D eigenvalue weighted by Gasteiger charge is 2.13. The summed E-state index contributed by atoms with van der Waals surface area (Å²) in [5, 5.41) is 4.64. The van der Waals surface area contributed by atoms with Crippen molar-refractivity contribution < 1.29 is 9.53 Å². The van der Waals surface area contributed by atoms with Crippen molar-refractivity contribution in [1.29, 1.82) is 0 Å². The second kappa shape index (κ2) is 5.23. The van der Waals surface area contributed by atoms with Gasteiger partial charge in [0, 0.05) is 22.3 Å². The molecular formula is C13H13ClN2O2. The lowest BCUT2D eigenvalue weighted by Gasteiger charge is -2.14. The number of fused-ring (bicyclic) bond motifs is 1. The van der Waals surface area contributed by atoms with Gasteiger partial charge in [0.2, 0.25) is 0 Å². The molecule has 5 heteroatoms. The van der Waals surface area contributed by atoms with Crippen LogP contribution in [0.25, 0.3) is 10.9 Å². The number of hydrogen-bond acceptors (Lipinski definition) is 4. The molecule has 2 rings (SSSR count). The Hall–Kier alpha value is -1.81. The van der Waals surface area contributed by atoms with E-state index in [-0.39, 0.29) is 5.97 Å². The topological polar surface area (TPSA) is 51.2 Å². The summed E-state index contributed by atoms with van der Waals surface area (Å²) in [4.78, 5) is 15.6. The number of anilines is 1. The minimum absolute atomic E-state index is 0.311. The second-order valence-electron chi connectivity index (χ2n) is 3.91. The van der Waals surface area contributed by atoms with Crippen LogP contribution in [-0.2, 0) is 9.53 Å². The molecule has 1 aromatic heterocycles. The third-order valence-electron chi connectivity index (χ3n) is 2.63. The molecule has 0 fully saturated rings. The van der Waals surface area contributed by atoms with E-state index in [9.17, 15) is 4.79 Å². The molecule has 0 amide bonds. The highest BCUT2D eigenvalue weighted by Crippen LogP contribution is 2.24. The van der Waals surface area contributed by atoms with Gasteiger partial charge in [-0.05, 0) is 31.2 Å². The van der Waals surface area contributed by atoms with Gasteiger partial charge in [-0.3, -0.25) is 4.98 Å². The number of aromatic nitrogens is 1. The summed E-state index contributed by atoms with van der Waals surface area (Å²) in [7, 11) is 1.37. The molecule has 2 aromatic rings. The molecule has 0 saturated heterocycles. The Morgan fingerprint density at radius 2 is 2.22 bits per heavy atom. The highest BCUT2D eigenvalue weighted by molar-refractivity contribution is 6.31. The molecule has 0 bridgehead atoms. The summed E-state index contributed by atoms with van der Waals surface area (Å²) >= 11 is 5.92. The van der Waals surface area contributed by atoms with Crippen LogP contribution in [0.4, 0.5) is 5.69 Å². The molecule has 0 radical (unpaired) electrons. The average molecular weight is 265 g/mol. The van der Waals surface area contributed by atoms with Crippen molar-refractivity contribution in [1.82, 2.24) is 4.98 Å². The molecule has 18 heavy (non-hydrogen) atoms. The maximum absolute atomic E-state index is 11.4. The van der Waals surface area contributed by atoms with Crippen LogP contribution < -0.4 is 5.32 Å². The molecule has 0 aliphatic heterocycles. The van der Waals surface area contributed by atoms with Crippen LogP contribution in [-0.4, -0.2) is 24.1 Å². The minimum Gasteiger partial charge on any atom is -0.467 e. The molecule has 1 N–H and O–H groups in total. The standard InChI is InChI=1S/C13H13ClN2O2/c1-8(13(17)18-2)16-11-5-6-15-12-7-9(14)3-4-10(11)12/h3-8H,1-2H3,(H,15,16). The van der Waals surface area contributed by atoms with E-state index in [0.29, 0.717) is 5.02 Å². The zero-order valence-corrected chi connectivity index (χ0v) is 10.9. The monoisotopic (exact) mass is 264 g/mol. The number of carbonyl (C=O) groups is 1. The van der Waals surface area contributed by atoms with E-state index in [1.165, 1.54) is 7.11 Å². The Kier molecular flexibility index (Phi) is 3.67. The maximum Gasteiger partial charge on any atom is 0.327 e. The van der Waals surface area contributed by atoms with Crippen LogP contribution in [0.2, 0.25) is 5.02 Å². The first-order valence-corrected chi connectivity index (χ1v) is 5.88. The van der Waals surface area contributed by atoms with Crippen LogP contribution in [0, 0.1) is 0 Å². The Labute approximate surface area is 110 Å². The van der Waals surface area contributed by atoms with Crippen molar-refractivity contribution in [2.45, 2.75) is 13.0 Å². The lowest BCUT2D eigenvalue weighted by atomic mass is 10.1. The molecule has 0 spiro atoms. The van der Waals surface area contributed by atoms with E-state index in [1.54, 1.807) is 25.3 Å². The maximum atomic E-state index is 11.4. The number of halogens is 1. The number of nitrogens with one attached hydrogen (secondary N) is 1. The highest BCUT2D eigenvalue weighted by atomic mass is 35.5. The summed E-state index contributed by atoms with van der Waals surface area (Å²) in [5.74, 6) is -0.311. The lowest BCUT2D eigenvalue weighted by Crippen LogP contribution is -2.27. The van der Waals surface area contributed by atoms with Crippen molar-refractivity contribution >= 4 is 34.2 Å². The van der Waals surface area contributed by atoms with Gasteiger partial charge in [0.1, 0.15) is 6.04 Å². The van der Waals surface area contributed by atoms with E-state index < -0.39 is 6.04 Å². The van der Waals surface area contributed by atoms with Crippen LogP contribution in [0.1, 0.15) is 6.92 Å². The third-order valence-corrected chi connectivity index (χ3v) is 2.87. The first-order chi connectivity index (χ1) is 8.61. The first kappa shape index (κ1) is 12.6. The van der Waals surface area contributed by atoms with Crippen molar-refractivity contribution in [3.63, 3.8) is 0 Å². The molecule has 4 nitrogen and oxygen atoms in total. The van der Waals surface area contributed by atoms with Gasteiger partial charge in [0.05, 0.1) is 12.6 Å². The molecule has 1 heterocycles. The number of nitrogens with zero attached hydrogens (tertiary/aromatic N) is 1. The van der Waals surface area contributed by atoms with E-state index in [1.807, 2.05) is 12.1 Å². The average Bonchev–Trinajstić information content (AvgIpc) is 2.37. The number of carbonyl (C=O) groups excluding carboxylic acids is 1. The van der Waals surface area contributed by atoms with E-state index in [4.69, 9.17) is 11.6 Å². The predicted molar refractivity (Wildman–Crippen MR) is 71.9 cm³/mol. The minimum atomic E-state index is -0.420.